The minimum absolute atomic E-state index is 0.285. The van der Waals surface area contributed by atoms with Crippen molar-refractivity contribution in [1.29, 1.82) is 0 Å². The molecule has 0 amide bonds. The molecule has 0 aliphatic carbocycles. The fourth-order valence-corrected chi connectivity index (χ4v) is 3.52. The zero-order chi connectivity index (χ0) is 22.3. The topological polar surface area (TPSA) is 0 Å². The fourth-order valence-electron chi connectivity index (χ4n) is 3.52. The van der Waals surface area contributed by atoms with Gasteiger partial charge in [-0.1, -0.05) is 79.0 Å². The van der Waals surface area contributed by atoms with Crippen molar-refractivity contribution in [3.05, 3.63) is 118 Å². The van der Waals surface area contributed by atoms with Crippen molar-refractivity contribution in [3.8, 4) is 23.7 Å². The van der Waals surface area contributed by atoms with Crippen molar-refractivity contribution in [2.45, 2.75) is 33.1 Å². The summed E-state index contributed by atoms with van der Waals surface area (Å²) in [6, 6.07) is 25.6. The average Bonchev–Trinajstić information content (AvgIpc) is 2.82. The molecule has 0 N–H and O–H groups in total. The molecule has 0 aliphatic rings. The van der Waals surface area contributed by atoms with E-state index in [1.807, 2.05) is 54.6 Å². The van der Waals surface area contributed by atoms with E-state index in [2.05, 4.69) is 49.7 Å². The molecule has 0 aliphatic heterocycles. The standard InChI is InChI=1S/C31H25F/c1-3-4-5-24-10-12-26(13-11-24)16-18-28-19-20-29-22-27(17-21-30(29)31(28)32)15-14-25-8-6-23(2)7-9-25/h6-13,17,19-22H,3-5H2,1-2H3. The smallest absolute Gasteiger partial charge is 0.146 e. The summed E-state index contributed by atoms with van der Waals surface area (Å²) in [7, 11) is 0. The van der Waals surface area contributed by atoms with Crippen molar-refractivity contribution in [1.82, 2.24) is 0 Å². The lowest BCUT2D eigenvalue weighted by molar-refractivity contribution is 0.636. The molecule has 4 rings (SSSR count). The van der Waals surface area contributed by atoms with Gasteiger partial charge in [-0.05, 0) is 73.2 Å². The summed E-state index contributed by atoms with van der Waals surface area (Å²) in [4.78, 5) is 0. The summed E-state index contributed by atoms with van der Waals surface area (Å²) in [6.45, 7) is 4.25. The molecule has 0 atom stereocenters. The van der Waals surface area contributed by atoms with Crippen LogP contribution < -0.4 is 0 Å². The Balaban J connectivity index is 1.55. The molecule has 0 radical (unpaired) electrons. The summed E-state index contributed by atoms with van der Waals surface area (Å²) in [5.41, 5.74) is 5.65. The van der Waals surface area contributed by atoms with Gasteiger partial charge in [0.2, 0.25) is 0 Å². The van der Waals surface area contributed by atoms with E-state index >= 15 is 4.39 Å². The molecular formula is C31H25F. The van der Waals surface area contributed by atoms with Gasteiger partial charge in [0, 0.05) is 22.1 Å². The first-order chi connectivity index (χ1) is 15.6. The fraction of sp³-hybridized carbons (Fsp3) is 0.161. The second-order valence-corrected chi connectivity index (χ2v) is 8.03. The highest BCUT2D eigenvalue weighted by atomic mass is 19.1. The number of aryl methyl sites for hydroxylation is 2. The minimum Gasteiger partial charge on any atom is -0.205 e. The first-order valence-corrected chi connectivity index (χ1v) is 11.0. The summed E-state index contributed by atoms with van der Waals surface area (Å²) in [5, 5.41) is 1.39. The summed E-state index contributed by atoms with van der Waals surface area (Å²) in [5.74, 6) is 12.1. The summed E-state index contributed by atoms with van der Waals surface area (Å²) < 4.78 is 15.1. The molecule has 0 heterocycles. The molecule has 0 aromatic heterocycles. The van der Waals surface area contributed by atoms with Crippen LogP contribution >= 0.6 is 0 Å². The van der Waals surface area contributed by atoms with Gasteiger partial charge >= 0.3 is 0 Å². The first-order valence-electron chi connectivity index (χ1n) is 11.0. The molecule has 0 saturated carbocycles. The first kappa shape index (κ1) is 21.4. The van der Waals surface area contributed by atoms with Crippen LogP contribution in [-0.2, 0) is 6.42 Å². The van der Waals surface area contributed by atoms with Crippen molar-refractivity contribution >= 4 is 10.8 Å². The lowest BCUT2D eigenvalue weighted by Gasteiger charge is -2.03. The van der Waals surface area contributed by atoms with Gasteiger partial charge in [0.25, 0.3) is 0 Å². The van der Waals surface area contributed by atoms with E-state index in [9.17, 15) is 0 Å². The number of fused-ring (bicyclic) bond motifs is 1. The number of hydrogen-bond acceptors (Lipinski definition) is 0. The minimum atomic E-state index is -0.285. The number of unbranched alkanes of at least 4 members (excludes halogenated alkanes) is 1. The highest BCUT2D eigenvalue weighted by Gasteiger charge is 2.06. The Bertz CT molecular complexity index is 1350. The molecule has 0 bridgehead atoms. The van der Waals surface area contributed by atoms with E-state index in [1.54, 1.807) is 12.1 Å². The predicted molar refractivity (Wildman–Crippen MR) is 132 cm³/mol. The second kappa shape index (κ2) is 10.00. The Kier molecular flexibility index (Phi) is 6.69. The number of halogens is 1. The Morgan fingerprint density at radius 2 is 1.31 bits per heavy atom. The van der Waals surface area contributed by atoms with Gasteiger partial charge in [-0.3, -0.25) is 0 Å². The maximum atomic E-state index is 15.1. The highest BCUT2D eigenvalue weighted by molar-refractivity contribution is 5.86. The molecule has 0 saturated heterocycles. The Labute approximate surface area is 190 Å². The average molecular weight is 417 g/mol. The van der Waals surface area contributed by atoms with Gasteiger partial charge in [0.1, 0.15) is 5.82 Å². The molecule has 32 heavy (non-hydrogen) atoms. The van der Waals surface area contributed by atoms with Crippen molar-refractivity contribution in [2.75, 3.05) is 0 Å². The zero-order valence-electron chi connectivity index (χ0n) is 18.5. The van der Waals surface area contributed by atoms with Crippen LogP contribution in [0.15, 0.2) is 78.9 Å². The van der Waals surface area contributed by atoms with E-state index in [-0.39, 0.29) is 5.82 Å². The van der Waals surface area contributed by atoms with E-state index in [1.165, 1.54) is 24.0 Å². The number of rotatable bonds is 3. The SMILES string of the molecule is CCCCc1ccc(C#Cc2ccc3cc(C#Cc4ccc(C)cc4)ccc3c2F)cc1. The summed E-state index contributed by atoms with van der Waals surface area (Å²) in [6.07, 6.45) is 3.46. The van der Waals surface area contributed by atoms with Gasteiger partial charge in [0.15, 0.2) is 0 Å². The molecule has 0 spiro atoms. The van der Waals surface area contributed by atoms with Crippen LogP contribution in [-0.4, -0.2) is 0 Å². The summed E-state index contributed by atoms with van der Waals surface area (Å²) >= 11 is 0. The Morgan fingerprint density at radius 3 is 2.03 bits per heavy atom. The molecule has 4 aromatic carbocycles. The van der Waals surface area contributed by atoms with Crippen LogP contribution in [0.1, 0.15) is 53.1 Å². The van der Waals surface area contributed by atoms with E-state index < -0.39 is 0 Å². The van der Waals surface area contributed by atoms with E-state index in [4.69, 9.17) is 0 Å². The second-order valence-electron chi connectivity index (χ2n) is 8.03. The maximum Gasteiger partial charge on any atom is 0.146 e. The van der Waals surface area contributed by atoms with Crippen LogP contribution in [0.5, 0.6) is 0 Å². The van der Waals surface area contributed by atoms with Crippen molar-refractivity contribution in [2.24, 2.45) is 0 Å². The third-order valence-electron chi connectivity index (χ3n) is 5.47. The molecule has 1 heteroatoms. The van der Waals surface area contributed by atoms with Crippen LogP contribution in [0.2, 0.25) is 0 Å². The number of hydrogen-bond donors (Lipinski definition) is 0. The van der Waals surface area contributed by atoms with Gasteiger partial charge in [0.05, 0.1) is 5.56 Å². The molecule has 4 aromatic rings. The molecule has 156 valence electrons. The van der Waals surface area contributed by atoms with Crippen molar-refractivity contribution < 1.29 is 4.39 Å². The molecule has 0 unspecified atom stereocenters. The quantitative estimate of drug-likeness (QED) is 0.305. The normalized spacial score (nSPS) is 10.2. The Morgan fingerprint density at radius 1 is 0.688 bits per heavy atom. The van der Waals surface area contributed by atoms with Crippen LogP contribution in [0.4, 0.5) is 4.39 Å². The number of benzene rings is 4. The lowest BCUT2D eigenvalue weighted by Crippen LogP contribution is -1.88. The largest absolute Gasteiger partial charge is 0.205 e. The third kappa shape index (κ3) is 5.26. The van der Waals surface area contributed by atoms with Gasteiger partial charge < -0.3 is 0 Å². The molecule has 0 nitrogen and oxygen atoms in total. The van der Waals surface area contributed by atoms with E-state index in [0.717, 1.165) is 28.5 Å². The van der Waals surface area contributed by atoms with Crippen LogP contribution in [0.25, 0.3) is 10.8 Å². The van der Waals surface area contributed by atoms with Gasteiger partial charge in [-0.15, -0.1) is 0 Å². The van der Waals surface area contributed by atoms with Gasteiger partial charge in [-0.25, -0.2) is 4.39 Å². The third-order valence-corrected chi connectivity index (χ3v) is 5.47. The monoisotopic (exact) mass is 416 g/mol. The highest BCUT2D eigenvalue weighted by Crippen LogP contribution is 2.22. The zero-order valence-corrected chi connectivity index (χ0v) is 18.5. The van der Waals surface area contributed by atoms with E-state index in [0.29, 0.717) is 10.9 Å². The molecule has 0 fully saturated rings. The maximum absolute atomic E-state index is 15.1. The van der Waals surface area contributed by atoms with Gasteiger partial charge in [-0.2, -0.15) is 0 Å². The van der Waals surface area contributed by atoms with Crippen molar-refractivity contribution in [3.63, 3.8) is 0 Å². The lowest BCUT2D eigenvalue weighted by atomic mass is 10.0. The van der Waals surface area contributed by atoms with Crippen LogP contribution in [0, 0.1) is 36.4 Å². The molecular weight excluding hydrogens is 391 g/mol. The predicted octanol–water partition coefficient (Wildman–Crippen LogP) is 7.43. The van der Waals surface area contributed by atoms with Crippen LogP contribution in [0.3, 0.4) is 0 Å². The Hall–Kier alpha value is -3.81.